The van der Waals surface area contributed by atoms with Crippen molar-refractivity contribution < 1.29 is 28.5 Å². The van der Waals surface area contributed by atoms with E-state index in [2.05, 4.69) is 15.4 Å². The predicted molar refractivity (Wildman–Crippen MR) is 168 cm³/mol. The number of rotatable bonds is 12. The number of phenols is 2. The molecule has 0 fully saturated rings. The molecule has 43 heavy (non-hydrogen) atoms. The molecule has 0 unspecified atom stereocenters. The van der Waals surface area contributed by atoms with Crippen molar-refractivity contribution in [1.82, 2.24) is 10.6 Å². The number of sulfonamides is 1. The third-order valence-electron chi connectivity index (χ3n) is 6.91. The summed E-state index contributed by atoms with van der Waals surface area (Å²) in [6, 6.07) is 26.4. The SMILES string of the molecule is CC(C)(Cc1cccc(CNC(=O)c2ccc(-c3ccc(O)cc3)cc2)c1)NC[C@H](O)c1ccc(O)c(NS(C)(=O)=O)c1. The van der Waals surface area contributed by atoms with Crippen LogP contribution in [0, 0.1) is 0 Å². The smallest absolute Gasteiger partial charge is 0.251 e. The zero-order chi connectivity index (χ0) is 31.2. The van der Waals surface area contributed by atoms with Gasteiger partial charge in [-0.15, -0.1) is 0 Å². The second kappa shape index (κ2) is 13.3. The van der Waals surface area contributed by atoms with Gasteiger partial charge in [-0.3, -0.25) is 9.52 Å². The van der Waals surface area contributed by atoms with Crippen molar-refractivity contribution >= 4 is 21.6 Å². The topological polar surface area (TPSA) is 148 Å². The number of phenolic OH excluding ortho intramolecular Hbond substituents is 2. The zero-order valence-electron chi connectivity index (χ0n) is 24.3. The van der Waals surface area contributed by atoms with Gasteiger partial charge in [0.15, 0.2) is 0 Å². The van der Waals surface area contributed by atoms with Crippen molar-refractivity contribution in [3.8, 4) is 22.6 Å². The second-order valence-electron chi connectivity index (χ2n) is 11.2. The van der Waals surface area contributed by atoms with E-state index in [0.717, 1.165) is 28.5 Å². The lowest BCUT2D eigenvalue weighted by Crippen LogP contribution is -2.43. The molecule has 4 rings (SSSR count). The lowest BCUT2D eigenvalue weighted by molar-refractivity contribution is 0.0951. The van der Waals surface area contributed by atoms with Crippen LogP contribution in [0.2, 0.25) is 0 Å². The van der Waals surface area contributed by atoms with Crippen LogP contribution in [0.4, 0.5) is 5.69 Å². The van der Waals surface area contributed by atoms with Gasteiger partial charge in [0.2, 0.25) is 10.0 Å². The Bertz CT molecular complexity index is 1670. The minimum absolute atomic E-state index is 0.00770. The van der Waals surface area contributed by atoms with Crippen LogP contribution in [0.25, 0.3) is 11.1 Å². The van der Waals surface area contributed by atoms with Crippen molar-refractivity contribution in [2.45, 2.75) is 38.5 Å². The Hall–Kier alpha value is -4.38. The van der Waals surface area contributed by atoms with E-state index in [9.17, 15) is 28.5 Å². The molecule has 1 atom stereocenters. The molecule has 1 amide bonds. The van der Waals surface area contributed by atoms with Crippen molar-refractivity contribution in [1.29, 1.82) is 0 Å². The van der Waals surface area contributed by atoms with Gasteiger partial charge in [-0.1, -0.05) is 54.6 Å². The summed E-state index contributed by atoms with van der Waals surface area (Å²) >= 11 is 0. The van der Waals surface area contributed by atoms with Gasteiger partial charge < -0.3 is 26.0 Å². The molecule has 0 spiro atoms. The van der Waals surface area contributed by atoms with Gasteiger partial charge in [0.25, 0.3) is 5.91 Å². The summed E-state index contributed by atoms with van der Waals surface area (Å²) in [6.07, 6.45) is 0.704. The lowest BCUT2D eigenvalue weighted by atomic mass is 9.93. The van der Waals surface area contributed by atoms with E-state index < -0.39 is 21.7 Å². The highest BCUT2D eigenvalue weighted by atomic mass is 32.2. The highest BCUT2D eigenvalue weighted by molar-refractivity contribution is 7.92. The first-order chi connectivity index (χ1) is 20.3. The fourth-order valence-corrected chi connectivity index (χ4v) is 5.27. The summed E-state index contributed by atoms with van der Waals surface area (Å²) in [5, 5.41) is 36.5. The van der Waals surface area contributed by atoms with Crippen LogP contribution in [-0.4, -0.2) is 48.0 Å². The summed E-state index contributed by atoms with van der Waals surface area (Å²) in [4.78, 5) is 12.8. The maximum absolute atomic E-state index is 12.8. The van der Waals surface area contributed by atoms with E-state index in [0.29, 0.717) is 24.1 Å². The molecule has 10 heteroatoms. The molecule has 0 aliphatic rings. The number of anilines is 1. The van der Waals surface area contributed by atoms with Crippen LogP contribution in [0.1, 0.15) is 47.0 Å². The Kier molecular flexibility index (Phi) is 9.75. The predicted octanol–water partition coefficient (Wildman–Crippen LogP) is 4.71. The molecule has 0 heterocycles. The summed E-state index contributed by atoms with van der Waals surface area (Å²) in [5.41, 5.74) is 4.53. The first kappa shape index (κ1) is 31.6. The summed E-state index contributed by atoms with van der Waals surface area (Å²) in [7, 11) is -3.59. The third kappa shape index (κ3) is 9.31. The number of aliphatic hydroxyl groups is 1. The highest BCUT2D eigenvalue weighted by Crippen LogP contribution is 2.28. The maximum atomic E-state index is 12.8. The van der Waals surface area contributed by atoms with E-state index >= 15 is 0 Å². The minimum Gasteiger partial charge on any atom is -0.508 e. The van der Waals surface area contributed by atoms with Crippen LogP contribution >= 0.6 is 0 Å². The van der Waals surface area contributed by atoms with Gasteiger partial charge in [0, 0.05) is 24.2 Å². The molecule has 0 radical (unpaired) electrons. The van der Waals surface area contributed by atoms with Crippen molar-refractivity contribution in [3.63, 3.8) is 0 Å². The Labute approximate surface area is 252 Å². The number of amides is 1. The lowest BCUT2D eigenvalue weighted by Gasteiger charge is -2.28. The number of aromatic hydroxyl groups is 2. The van der Waals surface area contributed by atoms with Gasteiger partial charge in [-0.25, -0.2) is 8.42 Å². The maximum Gasteiger partial charge on any atom is 0.251 e. The normalized spacial score (nSPS) is 12.5. The minimum atomic E-state index is -3.59. The number of benzene rings is 4. The standard InChI is InChI=1S/C33H37N3O6S/c1-33(2,35-21-31(39)27-13-16-30(38)29(18-27)36-43(3,41)42)19-22-5-4-6-23(17-22)20-34-32(40)26-9-7-24(8-10-26)25-11-14-28(37)15-12-25/h4-18,31,35-39H,19-21H2,1-3H3,(H,34,40)/t31-/m0/s1. The molecule has 226 valence electrons. The number of carbonyl (C=O) groups is 1. The van der Waals surface area contributed by atoms with E-state index in [1.807, 2.05) is 62.4 Å². The van der Waals surface area contributed by atoms with Crippen LogP contribution in [0.15, 0.2) is 91.0 Å². The molecule has 0 aliphatic carbocycles. The van der Waals surface area contributed by atoms with E-state index in [-0.39, 0.29) is 29.6 Å². The number of nitrogens with one attached hydrogen (secondary N) is 3. The number of hydrogen-bond donors (Lipinski definition) is 6. The highest BCUT2D eigenvalue weighted by Gasteiger charge is 2.21. The van der Waals surface area contributed by atoms with E-state index in [1.165, 1.54) is 12.1 Å². The molecule has 0 saturated heterocycles. The first-order valence-electron chi connectivity index (χ1n) is 13.8. The van der Waals surface area contributed by atoms with Crippen LogP contribution in [-0.2, 0) is 23.0 Å². The molecule has 0 aliphatic heterocycles. The van der Waals surface area contributed by atoms with Crippen LogP contribution in [0.3, 0.4) is 0 Å². The molecule has 6 N–H and O–H groups in total. The Morgan fingerprint density at radius 1 is 0.860 bits per heavy atom. The van der Waals surface area contributed by atoms with Gasteiger partial charge in [0.05, 0.1) is 18.0 Å². The number of β-amino-alcohol motifs (C(OH)–C–C–N with tert-alkyl or cyclic N) is 1. The van der Waals surface area contributed by atoms with Crippen LogP contribution < -0.4 is 15.4 Å². The van der Waals surface area contributed by atoms with Gasteiger partial charge in [-0.2, -0.15) is 0 Å². The first-order valence-corrected chi connectivity index (χ1v) is 15.7. The summed E-state index contributed by atoms with van der Waals surface area (Å²) in [6.45, 7) is 4.61. The third-order valence-corrected chi connectivity index (χ3v) is 7.50. The monoisotopic (exact) mass is 603 g/mol. The Morgan fingerprint density at radius 3 is 2.14 bits per heavy atom. The van der Waals surface area contributed by atoms with Crippen molar-refractivity contribution in [2.75, 3.05) is 17.5 Å². The average Bonchev–Trinajstić information content (AvgIpc) is 2.95. The fraction of sp³-hybridized carbons (Fsp3) is 0.242. The summed E-state index contributed by atoms with van der Waals surface area (Å²) in [5.74, 6) is -0.202. The van der Waals surface area contributed by atoms with E-state index in [4.69, 9.17) is 0 Å². The Morgan fingerprint density at radius 2 is 1.49 bits per heavy atom. The van der Waals surface area contributed by atoms with E-state index in [1.54, 1.807) is 30.3 Å². The fourth-order valence-electron chi connectivity index (χ4n) is 4.71. The van der Waals surface area contributed by atoms with Crippen LogP contribution in [0.5, 0.6) is 11.5 Å². The van der Waals surface area contributed by atoms with Gasteiger partial charge in [-0.05, 0) is 84.5 Å². The molecule has 4 aromatic rings. The zero-order valence-corrected chi connectivity index (χ0v) is 25.2. The molecular weight excluding hydrogens is 566 g/mol. The number of hydrogen-bond acceptors (Lipinski definition) is 7. The second-order valence-corrected chi connectivity index (χ2v) is 13.0. The van der Waals surface area contributed by atoms with Gasteiger partial charge >= 0.3 is 0 Å². The number of carbonyl (C=O) groups excluding carboxylic acids is 1. The molecule has 0 aromatic heterocycles. The molecular formula is C33H37N3O6S. The quantitative estimate of drug-likeness (QED) is 0.129. The molecule has 0 saturated carbocycles. The molecule has 0 bridgehead atoms. The average molecular weight is 604 g/mol. The molecule has 4 aromatic carbocycles. The number of aliphatic hydroxyl groups excluding tert-OH is 1. The Balaban J connectivity index is 1.31. The van der Waals surface area contributed by atoms with Crippen molar-refractivity contribution in [2.24, 2.45) is 0 Å². The largest absolute Gasteiger partial charge is 0.508 e. The van der Waals surface area contributed by atoms with Crippen molar-refractivity contribution in [3.05, 3.63) is 113 Å². The summed E-state index contributed by atoms with van der Waals surface area (Å²) < 4.78 is 25.4. The molecule has 9 nitrogen and oxygen atoms in total. The van der Waals surface area contributed by atoms with Gasteiger partial charge in [0.1, 0.15) is 11.5 Å².